The molecule has 0 aromatic rings. The lowest BCUT2D eigenvalue weighted by Crippen LogP contribution is -2.51. The van der Waals surface area contributed by atoms with Gasteiger partial charge in [-0.05, 0) is 6.42 Å². The van der Waals surface area contributed by atoms with Gasteiger partial charge >= 0.3 is 0 Å². The fraction of sp³-hybridized carbons (Fsp3) is 1.00. The van der Waals surface area contributed by atoms with E-state index in [1.54, 1.807) is 0 Å². The van der Waals surface area contributed by atoms with Crippen molar-refractivity contribution in [2.45, 2.75) is 19.4 Å². The van der Waals surface area contributed by atoms with E-state index in [0.29, 0.717) is 19.3 Å². The highest BCUT2D eigenvalue weighted by Crippen LogP contribution is 2.08. The van der Waals surface area contributed by atoms with Crippen molar-refractivity contribution in [1.29, 1.82) is 0 Å². The van der Waals surface area contributed by atoms with Crippen molar-refractivity contribution in [3.05, 3.63) is 0 Å². The second-order valence-corrected chi connectivity index (χ2v) is 4.46. The van der Waals surface area contributed by atoms with E-state index in [1.807, 2.05) is 0 Å². The largest absolute Gasteiger partial charge is 0.395 e. The first kappa shape index (κ1) is 14.9. The van der Waals surface area contributed by atoms with Crippen LogP contribution in [0.5, 0.6) is 0 Å². The van der Waals surface area contributed by atoms with E-state index in [0.717, 1.165) is 39.1 Å². The zero-order valence-corrected chi connectivity index (χ0v) is 10.8. The quantitative estimate of drug-likeness (QED) is 0.559. The number of nitrogens with zero attached hydrogens (tertiary/aromatic N) is 2. The van der Waals surface area contributed by atoms with Gasteiger partial charge in [0.15, 0.2) is 0 Å². The molecule has 0 aromatic heterocycles. The van der Waals surface area contributed by atoms with E-state index >= 15 is 0 Å². The zero-order valence-electron chi connectivity index (χ0n) is 10.8. The summed E-state index contributed by atoms with van der Waals surface area (Å²) in [5.74, 6) is 0. The highest BCUT2D eigenvalue weighted by Gasteiger charge is 2.21. The topological polar surface area (TPSA) is 56.2 Å². The van der Waals surface area contributed by atoms with Crippen molar-refractivity contribution in [2.75, 3.05) is 59.2 Å². The maximum absolute atomic E-state index is 9.25. The van der Waals surface area contributed by atoms with E-state index in [2.05, 4.69) is 16.7 Å². The first-order valence-electron chi connectivity index (χ1n) is 6.57. The van der Waals surface area contributed by atoms with E-state index in [4.69, 9.17) is 9.84 Å². The van der Waals surface area contributed by atoms with Crippen LogP contribution in [0.25, 0.3) is 0 Å². The molecule has 0 aromatic carbocycles. The highest BCUT2D eigenvalue weighted by atomic mass is 16.5. The molecule has 1 saturated heterocycles. The van der Waals surface area contributed by atoms with Crippen LogP contribution in [0.1, 0.15) is 13.3 Å². The number of hydrogen-bond donors (Lipinski definition) is 2. The number of rotatable bonds is 8. The second-order valence-electron chi connectivity index (χ2n) is 4.46. The molecule has 5 heteroatoms. The monoisotopic (exact) mass is 246 g/mol. The van der Waals surface area contributed by atoms with E-state index < -0.39 is 0 Å². The fourth-order valence-electron chi connectivity index (χ4n) is 2.22. The molecule has 1 fully saturated rings. The number of piperazine rings is 1. The first-order valence-corrected chi connectivity index (χ1v) is 6.57. The Labute approximate surface area is 104 Å². The van der Waals surface area contributed by atoms with Crippen LogP contribution >= 0.6 is 0 Å². The van der Waals surface area contributed by atoms with Crippen molar-refractivity contribution >= 4 is 0 Å². The third kappa shape index (κ3) is 5.31. The van der Waals surface area contributed by atoms with Crippen LogP contribution < -0.4 is 0 Å². The number of ether oxygens (including phenoxy) is 1. The number of aliphatic hydroxyl groups excluding tert-OH is 2. The molecule has 1 heterocycles. The van der Waals surface area contributed by atoms with Gasteiger partial charge in [0.05, 0.1) is 26.4 Å². The lowest BCUT2D eigenvalue weighted by atomic mass is 10.1. The van der Waals surface area contributed by atoms with E-state index in [9.17, 15) is 5.11 Å². The fourth-order valence-corrected chi connectivity index (χ4v) is 2.22. The predicted molar refractivity (Wildman–Crippen MR) is 67.1 cm³/mol. The SMILES string of the molecule is CCC(CO)N1CCN(CCOCCO)CC1. The van der Waals surface area contributed by atoms with Gasteiger partial charge in [-0.15, -0.1) is 0 Å². The maximum atomic E-state index is 9.25. The summed E-state index contributed by atoms with van der Waals surface area (Å²) >= 11 is 0. The molecular weight excluding hydrogens is 220 g/mol. The molecule has 102 valence electrons. The minimum Gasteiger partial charge on any atom is -0.395 e. The zero-order chi connectivity index (χ0) is 12.5. The van der Waals surface area contributed by atoms with Gasteiger partial charge in [0.25, 0.3) is 0 Å². The number of aliphatic hydroxyl groups is 2. The Hall–Kier alpha value is -0.200. The molecule has 1 atom stereocenters. The van der Waals surface area contributed by atoms with Gasteiger partial charge in [-0.3, -0.25) is 9.80 Å². The Balaban J connectivity index is 2.12. The van der Waals surface area contributed by atoms with Gasteiger partial charge in [-0.25, -0.2) is 0 Å². The molecule has 1 rings (SSSR count). The van der Waals surface area contributed by atoms with Gasteiger partial charge in [0.1, 0.15) is 0 Å². The molecular formula is C12H26N2O3. The minimum absolute atomic E-state index is 0.0997. The van der Waals surface area contributed by atoms with Crippen LogP contribution in [-0.2, 0) is 4.74 Å². The highest BCUT2D eigenvalue weighted by molar-refractivity contribution is 4.77. The van der Waals surface area contributed by atoms with Gasteiger partial charge in [0, 0.05) is 38.8 Å². The Kier molecular flexibility index (Phi) is 7.72. The lowest BCUT2D eigenvalue weighted by molar-refractivity contribution is 0.0372. The van der Waals surface area contributed by atoms with Gasteiger partial charge in [0.2, 0.25) is 0 Å². The molecule has 0 saturated carbocycles. The van der Waals surface area contributed by atoms with Crippen molar-refractivity contribution in [1.82, 2.24) is 9.80 Å². The van der Waals surface area contributed by atoms with Crippen LogP contribution in [0.3, 0.4) is 0 Å². The van der Waals surface area contributed by atoms with Gasteiger partial charge < -0.3 is 14.9 Å². The number of hydrogen-bond acceptors (Lipinski definition) is 5. The second kappa shape index (κ2) is 8.83. The maximum Gasteiger partial charge on any atom is 0.0698 e. The third-order valence-corrected chi connectivity index (χ3v) is 3.39. The summed E-state index contributed by atoms with van der Waals surface area (Å²) in [6.07, 6.45) is 1.01. The first-order chi connectivity index (χ1) is 8.31. The summed E-state index contributed by atoms with van der Waals surface area (Å²) in [6, 6.07) is 0.322. The van der Waals surface area contributed by atoms with Crippen molar-refractivity contribution < 1.29 is 14.9 Å². The summed E-state index contributed by atoms with van der Waals surface area (Å²) < 4.78 is 5.26. The third-order valence-electron chi connectivity index (χ3n) is 3.39. The molecule has 0 radical (unpaired) electrons. The summed E-state index contributed by atoms with van der Waals surface area (Å²) in [7, 11) is 0. The van der Waals surface area contributed by atoms with Gasteiger partial charge in [-0.1, -0.05) is 6.92 Å². The predicted octanol–water partition coefficient (Wildman–Crippen LogP) is -0.616. The van der Waals surface area contributed by atoms with Crippen molar-refractivity contribution in [3.63, 3.8) is 0 Å². The average molecular weight is 246 g/mol. The summed E-state index contributed by atoms with van der Waals surface area (Å²) in [5.41, 5.74) is 0. The Morgan fingerprint density at radius 1 is 1.12 bits per heavy atom. The molecule has 2 N–H and O–H groups in total. The Morgan fingerprint density at radius 3 is 2.35 bits per heavy atom. The van der Waals surface area contributed by atoms with Crippen molar-refractivity contribution in [3.8, 4) is 0 Å². The van der Waals surface area contributed by atoms with E-state index in [1.165, 1.54) is 0 Å². The minimum atomic E-state index is 0.0997. The van der Waals surface area contributed by atoms with Crippen LogP contribution in [0.15, 0.2) is 0 Å². The molecule has 1 unspecified atom stereocenters. The Bertz CT molecular complexity index is 181. The van der Waals surface area contributed by atoms with Crippen LogP contribution in [0.2, 0.25) is 0 Å². The van der Waals surface area contributed by atoms with Crippen LogP contribution in [-0.4, -0.2) is 85.2 Å². The molecule has 5 nitrogen and oxygen atoms in total. The standard InChI is InChI=1S/C12H26N2O3/c1-2-12(11-16)14-5-3-13(4-6-14)7-9-17-10-8-15/h12,15-16H,2-11H2,1H3. The molecule has 17 heavy (non-hydrogen) atoms. The average Bonchev–Trinajstić information content (AvgIpc) is 2.38. The molecule has 1 aliphatic rings. The lowest BCUT2D eigenvalue weighted by Gasteiger charge is -2.38. The molecule has 0 spiro atoms. The summed E-state index contributed by atoms with van der Waals surface area (Å²) in [6.45, 7) is 8.68. The Morgan fingerprint density at radius 2 is 1.82 bits per heavy atom. The molecule has 0 bridgehead atoms. The van der Waals surface area contributed by atoms with Gasteiger partial charge in [-0.2, -0.15) is 0 Å². The molecule has 0 amide bonds. The van der Waals surface area contributed by atoms with Crippen LogP contribution in [0.4, 0.5) is 0 Å². The van der Waals surface area contributed by atoms with Crippen molar-refractivity contribution in [2.24, 2.45) is 0 Å². The van der Waals surface area contributed by atoms with Crippen LogP contribution in [0, 0.1) is 0 Å². The van der Waals surface area contributed by atoms with E-state index in [-0.39, 0.29) is 13.2 Å². The molecule has 1 aliphatic heterocycles. The summed E-state index contributed by atoms with van der Waals surface area (Å²) in [4.78, 5) is 4.74. The normalized spacial score (nSPS) is 20.6. The molecule has 0 aliphatic carbocycles. The summed E-state index contributed by atoms with van der Waals surface area (Å²) in [5, 5.41) is 17.8. The smallest absolute Gasteiger partial charge is 0.0698 e.